The highest BCUT2D eigenvalue weighted by atomic mass is 16.3. The van der Waals surface area contributed by atoms with Crippen LogP contribution in [0.4, 0.5) is 0 Å². The lowest BCUT2D eigenvalue weighted by Gasteiger charge is -2.25. The van der Waals surface area contributed by atoms with E-state index in [1.54, 1.807) is 0 Å². The number of aliphatic hydroxyl groups excluding tert-OH is 1. The quantitative estimate of drug-likeness (QED) is 0.849. The molecule has 0 atom stereocenters. The van der Waals surface area contributed by atoms with E-state index in [-0.39, 0.29) is 12.1 Å². The summed E-state index contributed by atoms with van der Waals surface area (Å²) in [4.78, 5) is 4.44. The number of pyridine rings is 1. The second-order valence-electron chi connectivity index (χ2n) is 5.20. The number of para-hydroxylation sites is 1. The lowest BCUT2D eigenvalue weighted by Crippen LogP contribution is -2.39. The molecule has 0 bridgehead atoms. The summed E-state index contributed by atoms with van der Waals surface area (Å²) in [7, 11) is 0. The topological polar surface area (TPSA) is 45.1 Å². The minimum Gasteiger partial charge on any atom is -0.396 e. The van der Waals surface area contributed by atoms with Crippen molar-refractivity contribution >= 4 is 10.9 Å². The van der Waals surface area contributed by atoms with Crippen molar-refractivity contribution in [1.29, 1.82) is 0 Å². The van der Waals surface area contributed by atoms with E-state index in [4.69, 9.17) is 5.11 Å². The van der Waals surface area contributed by atoms with Crippen LogP contribution < -0.4 is 5.32 Å². The minimum absolute atomic E-state index is 0.0638. The molecule has 0 saturated heterocycles. The van der Waals surface area contributed by atoms with Gasteiger partial charge in [-0.3, -0.25) is 4.98 Å². The zero-order valence-corrected chi connectivity index (χ0v) is 11.0. The molecule has 3 nitrogen and oxygen atoms in total. The molecule has 0 aliphatic carbocycles. The number of aliphatic hydroxyl groups is 1. The SMILES string of the molecule is CC(C)(CCO)NCc1cccc2cccnc12. The average molecular weight is 244 g/mol. The van der Waals surface area contributed by atoms with E-state index in [9.17, 15) is 0 Å². The number of hydrogen-bond donors (Lipinski definition) is 2. The highest BCUT2D eigenvalue weighted by Gasteiger charge is 2.16. The van der Waals surface area contributed by atoms with Gasteiger partial charge in [0.15, 0.2) is 0 Å². The Morgan fingerprint density at radius 2 is 2.00 bits per heavy atom. The van der Waals surface area contributed by atoms with Crippen LogP contribution in [0.5, 0.6) is 0 Å². The Hall–Kier alpha value is -1.45. The molecule has 0 aliphatic heterocycles. The van der Waals surface area contributed by atoms with Crippen molar-refractivity contribution in [2.24, 2.45) is 0 Å². The number of nitrogens with zero attached hydrogens (tertiary/aromatic N) is 1. The molecule has 1 aromatic heterocycles. The van der Waals surface area contributed by atoms with Crippen molar-refractivity contribution in [3.63, 3.8) is 0 Å². The molecule has 96 valence electrons. The summed E-state index contributed by atoms with van der Waals surface area (Å²) in [5.74, 6) is 0. The third-order valence-electron chi connectivity index (χ3n) is 3.21. The van der Waals surface area contributed by atoms with Gasteiger partial charge < -0.3 is 10.4 Å². The average Bonchev–Trinajstić information content (AvgIpc) is 2.36. The first kappa shape index (κ1) is 13.0. The van der Waals surface area contributed by atoms with E-state index in [0.29, 0.717) is 0 Å². The number of rotatable bonds is 5. The second kappa shape index (κ2) is 5.46. The third-order valence-corrected chi connectivity index (χ3v) is 3.21. The molecule has 1 aromatic carbocycles. The molecule has 0 fully saturated rings. The fourth-order valence-electron chi connectivity index (χ4n) is 2.01. The molecule has 0 saturated carbocycles. The van der Waals surface area contributed by atoms with Crippen LogP contribution in [0.3, 0.4) is 0 Å². The fraction of sp³-hybridized carbons (Fsp3) is 0.400. The van der Waals surface area contributed by atoms with Crippen molar-refractivity contribution in [2.45, 2.75) is 32.4 Å². The van der Waals surface area contributed by atoms with Gasteiger partial charge in [0.25, 0.3) is 0 Å². The van der Waals surface area contributed by atoms with Gasteiger partial charge in [0.2, 0.25) is 0 Å². The second-order valence-corrected chi connectivity index (χ2v) is 5.20. The van der Waals surface area contributed by atoms with E-state index >= 15 is 0 Å². The molecule has 18 heavy (non-hydrogen) atoms. The van der Waals surface area contributed by atoms with Gasteiger partial charge in [-0.25, -0.2) is 0 Å². The smallest absolute Gasteiger partial charge is 0.0746 e. The molecule has 3 heteroatoms. The van der Waals surface area contributed by atoms with Crippen LogP contribution in [0.1, 0.15) is 25.8 Å². The molecule has 0 radical (unpaired) electrons. The van der Waals surface area contributed by atoms with Gasteiger partial charge in [-0.1, -0.05) is 24.3 Å². The molecular formula is C15H20N2O. The molecule has 1 heterocycles. The van der Waals surface area contributed by atoms with Crippen molar-refractivity contribution in [3.05, 3.63) is 42.1 Å². The molecule has 2 N–H and O–H groups in total. The van der Waals surface area contributed by atoms with Crippen LogP contribution in [-0.2, 0) is 6.54 Å². The summed E-state index contributed by atoms with van der Waals surface area (Å²) in [5.41, 5.74) is 2.18. The molecule has 2 rings (SSSR count). The van der Waals surface area contributed by atoms with Crippen molar-refractivity contribution in [3.8, 4) is 0 Å². The number of benzene rings is 1. The maximum atomic E-state index is 9.02. The van der Waals surface area contributed by atoms with Crippen LogP contribution in [0.25, 0.3) is 10.9 Å². The Bertz CT molecular complexity index is 517. The molecular weight excluding hydrogens is 224 g/mol. The Labute approximate surface area is 108 Å². The van der Waals surface area contributed by atoms with Crippen molar-refractivity contribution in [1.82, 2.24) is 10.3 Å². The van der Waals surface area contributed by atoms with E-state index in [1.165, 1.54) is 5.56 Å². The van der Waals surface area contributed by atoms with Crippen LogP contribution in [0.15, 0.2) is 36.5 Å². The van der Waals surface area contributed by atoms with Crippen LogP contribution >= 0.6 is 0 Å². The molecule has 0 spiro atoms. The Kier molecular flexibility index (Phi) is 3.94. The summed E-state index contributed by atoms with van der Waals surface area (Å²) in [5, 5.41) is 13.7. The Morgan fingerprint density at radius 3 is 2.78 bits per heavy atom. The first-order valence-corrected chi connectivity index (χ1v) is 6.31. The normalized spacial score (nSPS) is 11.9. The number of hydrogen-bond acceptors (Lipinski definition) is 3. The lowest BCUT2D eigenvalue weighted by molar-refractivity contribution is 0.230. The maximum absolute atomic E-state index is 9.02. The zero-order chi connectivity index (χ0) is 13.0. The Balaban J connectivity index is 2.17. The standard InChI is InChI=1S/C15H20N2O/c1-15(2,8-10-18)17-11-13-6-3-5-12-7-4-9-16-14(12)13/h3-7,9,17-18H,8,10-11H2,1-2H3. The van der Waals surface area contributed by atoms with Gasteiger partial charge >= 0.3 is 0 Å². The Morgan fingerprint density at radius 1 is 1.22 bits per heavy atom. The monoisotopic (exact) mass is 244 g/mol. The summed E-state index contributed by atoms with van der Waals surface area (Å²) < 4.78 is 0. The lowest BCUT2D eigenvalue weighted by atomic mass is 10.0. The first-order chi connectivity index (χ1) is 8.62. The summed E-state index contributed by atoms with van der Waals surface area (Å²) in [6.45, 7) is 5.17. The number of fused-ring (bicyclic) bond motifs is 1. The van der Waals surface area contributed by atoms with E-state index < -0.39 is 0 Å². The van der Waals surface area contributed by atoms with E-state index in [1.807, 2.05) is 12.3 Å². The van der Waals surface area contributed by atoms with Crippen molar-refractivity contribution < 1.29 is 5.11 Å². The van der Waals surface area contributed by atoms with Crippen LogP contribution in [-0.4, -0.2) is 22.2 Å². The molecule has 0 aliphatic rings. The summed E-state index contributed by atoms with van der Waals surface area (Å²) in [6.07, 6.45) is 2.57. The van der Waals surface area contributed by atoms with Crippen molar-refractivity contribution in [2.75, 3.05) is 6.61 Å². The fourth-order valence-corrected chi connectivity index (χ4v) is 2.01. The van der Waals surface area contributed by atoms with Gasteiger partial charge in [0.1, 0.15) is 0 Å². The summed E-state index contributed by atoms with van der Waals surface area (Å²) >= 11 is 0. The van der Waals surface area contributed by atoms with Gasteiger partial charge in [0.05, 0.1) is 5.52 Å². The highest BCUT2D eigenvalue weighted by Crippen LogP contribution is 2.17. The highest BCUT2D eigenvalue weighted by molar-refractivity contribution is 5.81. The predicted molar refractivity (Wildman–Crippen MR) is 74.4 cm³/mol. The van der Waals surface area contributed by atoms with Crippen LogP contribution in [0, 0.1) is 0 Å². The zero-order valence-electron chi connectivity index (χ0n) is 11.0. The molecule has 0 amide bonds. The number of aromatic nitrogens is 1. The predicted octanol–water partition coefficient (Wildman–Crippen LogP) is 2.49. The van der Waals surface area contributed by atoms with Crippen LogP contribution in [0.2, 0.25) is 0 Å². The van der Waals surface area contributed by atoms with Gasteiger partial charge in [0, 0.05) is 30.3 Å². The van der Waals surface area contributed by atoms with Gasteiger partial charge in [-0.05, 0) is 31.9 Å². The van der Waals surface area contributed by atoms with Gasteiger partial charge in [-0.2, -0.15) is 0 Å². The molecule has 0 unspecified atom stereocenters. The largest absolute Gasteiger partial charge is 0.396 e. The first-order valence-electron chi connectivity index (χ1n) is 6.31. The minimum atomic E-state index is -0.0638. The maximum Gasteiger partial charge on any atom is 0.0746 e. The number of nitrogens with one attached hydrogen (secondary N) is 1. The van der Waals surface area contributed by atoms with Gasteiger partial charge in [-0.15, -0.1) is 0 Å². The van der Waals surface area contributed by atoms with E-state index in [2.05, 4.69) is 48.4 Å². The summed E-state index contributed by atoms with van der Waals surface area (Å²) in [6, 6.07) is 10.3. The molecule has 2 aromatic rings. The van der Waals surface area contributed by atoms with E-state index in [0.717, 1.165) is 23.9 Å². The third kappa shape index (κ3) is 3.06.